The molecule has 0 bridgehead atoms. The normalized spacial score (nSPS) is 11.9. The van der Waals surface area contributed by atoms with Crippen molar-refractivity contribution in [1.82, 2.24) is 0 Å². The molecule has 9 aromatic rings. The number of hydrogen-bond acceptors (Lipinski definition) is 29. The molecule has 0 fully saturated rings. The molecule has 42 heteroatoms. The maximum Gasteiger partial charge on any atom is 1.00 e. The summed E-state index contributed by atoms with van der Waals surface area (Å²) < 4.78 is 192. The van der Waals surface area contributed by atoms with Crippen molar-refractivity contribution in [2.45, 2.75) is 38.3 Å². The van der Waals surface area contributed by atoms with Gasteiger partial charge >= 0.3 is 177 Å². The summed E-state index contributed by atoms with van der Waals surface area (Å²) in [7, 11) is -24.0. The van der Waals surface area contributed by atoms with E-state index in [0.717, 1.165) is 43.5 Å². The zero-order chi connectivity index (χ0) is 66.4. The van der Waals surface area contributed by atoms with E-state index in [0.29, 0.717) is 23.5 Å². The van der Waals surface area contributed by atoms with E-state index < -0.39 is 132 Å². The zero-order valence-electron chi connectivity index (χ0n) is 52.5. The molecule has 5 N–H and O–H groups in total. The Balaban J connectivity index is 0.00000408. The Morgan fingerprint density at radius 3 is 1.20 bits per heavy atom. The number of nitrogens with zero attached hydrogens (tertiary/aromatic N) is 8. The van der Waals surface area contributed by atoms with Crippen LogP contribution in [0.5, 0.6) is 23.0 Å². The van der Waals surface area contributed by atoms with Crippen LogP contribution in [-0.2, 0) is 50.6 Å². The molecule has 470 valence electrons. The Kier molecular flexibility index (Phi) is 31.0. The van der Waals surface area contributed by atoms with E-state index in [-0.39, 0.29) is 250 Å². The Bertz CT molecular complexity index is 5340. The van der Waals surface area contributed by atoms with Crippen LogP contribution in [0.25, 0.3) is 32.7 Å². The van der Waals surface area contributed by atoms with Gasteiger partial charge in [0, 0.05) is 29.2 Å². The first kappa shape index (κ1) is 86.9. The van der Waals surface area contributed by atoms with Crippen molar-refractivity contribution in [3.8, 4) is 34.1 Å². The molecule has 97 heavy (non-hydrogen) atoms. The van der Waals surface area contributed by atoms with E-state index >= 15 is 0 Å². The molecule has 0 unspecified atom stereocenters. The van der Waals surface area contributed by atoms with Gasteiger partial charge < -0.3 is 54.3 Å². The first-order valence-electron chi connectivity index (χ1n) is 25.1. The van der Waals surface area contributed by atoms with Crippen LogP contribution >= 0.6 is 0 Å². The van der Waals surface area contributed by atoms with Gasteiger partial charge in [-0.25, -0.2) is 25.3 Å². The molecule has 0 radical (unpaired) electrons. The van der Waals surface area contributed by atoms with Crippen molar-refractivity contribution >= 4 is 141 Å². The SMILES string of the molecule is COc1cc(N=Nc2ccc(-c3ccc(N=Nc4cc(OC)c(N=Nc5c(S(=O)(=O)O)cc6cc(S(=O)(=O)[O-])c(N)cc6c5[O-])cc4C)c(S(=O)(=O)[O-])c3)cc2S(=O)(=O)[O-])c(C)cc1N=Nc1c(S(=O)(=O)O)cc2ccc(Nc3ccc(C(=O)[O-])cc3)cc2c1[O-].[Na+].[Na+].[Na+].[Na+].[Na+].[Na+]. The molecule has 0 aromatic heterocycles. The Morgan fingerprint density at radius 1 is 0.433 bits per heavy atom. The van der Waals surface area contributed by atoms with Crippen LogP contribution in [0, 0.1) is 13.8 Å². The van der Waals surface area contributed by atoms with Crippen LogP contribution < -0.4 is 213 Å². The van der Waals surface area contributed by atoms with Crippen LogP contribution in [0.2, 0.25) is 0 Å². The average molecular weight is 1470 g/mol. The monoisotopic (exact) mass is 1470 g/mol. The van der Waals surface area contributed by atoms with Gasteiger partial charge in [0.2, 0.25) is 0 Å². The average Bonchev–Trinajstić information content (AvgIpc) is 0.770. The molecule has 0 amide bonds. The maximum atomic E-state index is 13.9. The third-order valence-corrected chi connectivity index (χ3v) is 17.6. The summed E-state index contributed by atoms with van der Waals surface area (Å²) in [6, 6.07) is 24.1. The smallest absolute Gasteiger partial charge is 0.871 e. The third kappa shape index (κ3) is 20.3. The van der Waals surface area contributed by atoms with Gasteiger partial charge in [-0.05, 0) is 148 Å². The number of aryl methyl sites for hydroxylation is 2. The van der Waals surface area contributed by atoms with Gasteiger partial charge in [-0.15, -0.1) is 30.7 Å². The number of fused-ring (bicyclic) bond motifs is 2. The van der Waals surface area contributed by atoms with Crippen molar-refractivity contribution in [1.29, 1.82) is 0 Å². The third-order valence-electron chi connectivity index (χ3n) is 13.3. The molecule has 0 saturated carbocycles. The minimum atomic E-state index is -5.41. The van der Waals surface area contributed by atoms with Crippen LogP contribution in [0.15, 0.2) is 193 Å². The molecule has 31 nitrogen and oxygen atoms in total. The number of methoxy groups -OCH3 is 2. The van der Waals surface area contributed by atoms with Crippen molar-refractivity contribution in [2.24, 2.45) is 40.9 Å². The van der Waals surface area contributed by atoms with Crippen molar-refractivity contribution < 1.29 is 272 Å². The van der Waals surface area contributed by atoms with Crippen LogP contribution in [0.1, 0.15) is 21.5 Å². The van der Waals surface area contributed by atoms with E-state index in [9.17, 15) is 85.0 Å². The Hall–Kier alpha value is -4.28. The fourth-order valence-corrected chi connectivity index (χ4v) is 12.0. The van der Waals surface area contributed by atoms with Crippen molar-refractivity contribution in [3.05, 3.63) is 144 Å². The Labute approximate surface area is 685 Å². The quantitative estimate of drug-likeness (QED) is 0.0253. The van der Waals surface area contributed by atoms with E-state index in [1.54, 1.807) is 0 Å². The molecule has 0 heterocycles. The first-order valence-corrected chi connectivity index (χ1v) is 32.2. The summed E-state index contributed by atoms with van der Waals surface area (Å²) in [5, 5.41) is 72.5. The molecule has 0 aliphatic rings. The number of nitrogen functional groups attached to an aromatic ring is 1. The number of ether oxygens (including phenoxy) is 2. The predicted molar refractivity (Wildman–Crippen MR) is 313 cm³/mol. The van der Waals surface area contributed by atoms with Gasteiger partial charge in [0.05, 0.1) is 57.6 Å². The summed E-state index contributed by atoms with van der Waals surface area (Å²) >= 11 is 0. The maximum absolute atomic E-state index is 13.9. The number of carboxylic acids is 1. The largest absolute Gasteiger partial charge is 1.00 e. The second kappa shape index (κ2) is 34.6. The number of rotatable bonds is 19. The van der Waals surface area contributed by atoms with Crippen LogP contribution in [-0.4, -0.2) is 85.0 Å². The van der Waals surface area contributed by atoms with E-state index in [1.165, 1.54) is 99.8 Å². The fourth-order valence-electron chi connectivity index (χ4n) is 8.84. The standard InChI is InChI=1S/C55H44N10O21S5.6Na/c1-26-15-42(62-64-51-49(90(79,80)81)19-31-7-12-34(22-35(31)53(51)66)57-33-10-5-28(6-11-33)55(68)69)44(85-3)24-40(26)60-58-38-13-8-29(17-47(38)88(73,74)75)30-9-14-39(48(18-30)89(76,77)78)59-61-41-25-45(86-4)43(16-27(41)2)63-65-52-50(91(82,83)84)21-32-20-46(87(70,71)72)37(56)23-36(32)54(52)67;;;;;;/h5-25,57,66-67H,56H2,1-4H3,(H,68,69)(H,70,71,72)(H,73,74,75)(H,76,77,78)(H,79,80,81)(H,82,83,84);;;;;;/q;6*+1/p-6. The van der Waals surface area contributed by atoms with Gasteiger partial charge in [0.1, 0.15) is 74.4 Å². The number of aromatic carboxylic acids is 1. The molecule has 0 spiro atoms. The number of anilines is 3. The van der Waals surface area contributed by atoms with Crippen LogP contribution in [0.4, 0.5) is 62.6 Å². The van der Waals surface area contributed by atoms with Crippen LogP contribution in [0.3, 0.4) is 0 Å². The predicted octanol–water partition coefficient (Wildman–Crippen LogP) is -8.98. The number of hydrogen-bond donors (Lipinski definition) is 4. The van der Waals surface area contributed by atoms with E-state index in [2.05, 4.69) is 46.2 Å². The van der Waals surface area contributed by atoms with Gasteiger partial charge in [-0.3, -0.25) is 9.11 Å². The molecule has 0 saturated heterocycles. The van der Waals surface area contributed by atoms with E-state index in [4.69, 9.17) is 15.2 Å². The van der Waals surface area contributed by atoms with E-state index in [1.807, 2.05) is 0 Å². The second-order valence-corrected chi connectivity index (χ2v) is 26.1. The second-order valence-electron chi connectivity index (χ2n) is 19.2. The number of carboxylic acid groups (broad SMARTS) is 1. The molecular weight excluding hydrogens is 1430 g/mol. The van der Waals surface area contributed by atoms with Crippen molar-refractivity contribution in [3.63, 3.8) is 0 Å². The Morgan fingerprint density at radius 2 is 0.804 bits per heavy atom. The minimum absolute atomic E-state index is 0. The first-order chi connectivity index (χ1) is 42.5. The molecule has 0 atom stereocenters. The van der Waals surface area contributed by atoms with Gasteiger partial charge in [-0.2, -0.15) is 27.1 Å². The fraction of sp³-hybridized carbons (Fsp3) is 0.0727. The summed E-state index contributed by atoms with van der Waals surface area (Å²) in [6.07, 6.45) is 0. The zero-order valence-corrected chi connectivity index (χ0v) is 68.6. The molecular formula is C55H38N10Na6O21S5. The minimum Gasteiger partial charge on any atom is -0.871 e. The number of carbonyl (C=O) groups is 1. The molecule has 9 rings (SSSR count). The van der Waals surface area contributed by atoms with Crippen molar-refractivity contribution in [2.75, 3.05) is 25.3 Å². The number of benzene rings is 9. The molecule has 0 aliphatic heterocycles. The number of nitrogens with two attached hydrogens (primary N) is 1. The molecule has 0 aliphatic carbocycles. The van der Waals surface area contributed by atoms with Gasteiger partial charge in [0.15, 0.2) is 0 Å². The summed E-state index contributed by atoms with van der Waals surface area (Å²) in [5.41, 5.74) is 2.77. The summed E-state index contributed by atoms with van der Waals surface area (Å²) in [5.74, 6) is -3.84. The van der Waals surface area contributed by atoms with Gasteiger partial charge in [-0.1, -0.05) is 41.8 Å². The molecule has 9 aromatic carbocycles. The topological polar surface area (TPSA) is 522 Å². The van der Waals surface area contributed by atoms with Gasteiger partial charge in [0.25, 0.3) is 20.2 Å². The summed E-state index contributed by atoms with van der Waals surface area (Å²) in [4.78, 5) is 6.29. The number of nitrogens with one attached hydrogen (secondary N) is 1. The number of carbonyl (C=O) groups excluding carboxylic acids is 1. The number of azo groups is 4. The summed E-state index contributed by atoms with van der Waals surface area (Å²) in [6.45, 7) is 2.92.